The third-order valence-corrected chi connectivity index (χ3v) is 2.45. The molecule has 1 rings (SSSR count). The van der Waals surface area contributed by atoms with Crippen LogP contribution in [0.5, 0.6) is 0 Å². The molecule has 0 aliphatic heterocycles. The number of nitrogens with zero attached hydrogens (tertiary/aromatic N) is 2. The summed E-state index contributed by atoms with van der Waals surface area (Å²) < 4.78 is 13.1. The van der Waals surface area contributed by atoms with Gasteiger partial charge in [-0.15, -0.1) is 0 Å². The first kappa shape index (κ1) is 12.9. The number of pyridine rings is 1. The highest BCUT2D eigenvalue weighted by Gasteiger charge is 2.11. The second-order valence-corrected chi connectivity index (χ2v) is 3.75. The molecule has 0 atom stereocenters. The Balaban J connectivity index is 2.99. The Labute approximate surface area is 96.7 Å². The molecule has 0 saturated heterocycles. The molecule has 0 fully saturated rings. The summed E-state index contributed by atoms with van der Waals surface area (Å²) in [7, 11) is 1.85. The van der Waals surface area contributed by atoms with Gasteiger partial charge in [0.2, 0.25) is 0 Å². The van der Waals surface area contributed by atoms with Gasteiger partial charge in [-0.3, -0.25) is 0 Å². The van der Waals surface area contributed by atoms with Crippen LogP contribution in [0.1, 0.15) is 25.8 Å². The lowest BCUT2D eigenvalue weighted by Gasteiger charge is -2.23. The van der Waals surface area contributed by atoms with Crippen LogP contribution >= 0.6 is 0 Å². The molecule has 0 saturated carbocycles. The fourth-order valence-electron chi connectivity index (χ4n) is 1.76. The van der Waals surface area contributed by atoms with Crippen molar-refractivity contribution in [2.45, 2.75) is 26.8 Å². The molecule has 0 aliphatic carbocycles. The van der Waals surface area contributed by atoms with Gasteiger partial charge in [0.1, 0.15) is 11.6 Å². The van der Waals surface area contributed by atoms with Crippen molar-refractivity contribution in [3.63, 3.8) is 0 Å². The number of nitrogens with one attached hydrogen (secondary N) is 1. The monoisotopic (exact) mass is 225 g/mol. The van der Waals surface area contributed by atoms with E-state index in [9.17, 15) is 4.39 Å². The zero-order valence-electron chi connectivity index (χ0n) is 10.3. The minimum absolute atomic E-state index is 0.276. The smallest absolute Gasteiger partial charge is 0.141 e. The van der Waals surface area contributed by atoms with Crippen LogP contribution in [-0.2, 0) is 6.54 Å². The summed E-state index contributed by atoms with van der Waals surface area (Å²) in [6.45, 7) is 6.70. The Hall–Kier alpha value is -1.16. The fourth-order valence-corrected chi connectivity index (χ4v) is 1.76. The Morgan fingerprint density at radius 2 is 2.19 bits per heavy atom. The normalized spacial score (nSPS) is 10.5. The molecular weight excluding hydrogens is 205 g/mol. The van der Waals surface area contributed by atoms with Crippen LogP contribution in [0.25, 0.3) is 0 Å². The summed E-state index contributed by atoms with van der Waals surface area (Å²) in [6.07, 6.45) is 2.35. The Bertz CT molecular complexity index is 328. The van der Waals surface area contributed by atoms with Crippen molar-refractivity contribution < 1.29 is 4.39 Å². The van der Waals surface area contributed by atoms with Gasteiger partial charge < -0.3 is 10.2 Å². The first-order valence-corrected chi connectivity index (χ1v) is 5.76. The van der Waals surface area contributed by atoms with E-state index in [1.165, 1.54) is 6.20 Å². The highest BCUT2D eigenvalue weighted by atomic mass is 19.1. The van der Waals surface area contributed by atoms with Crippen molar-refractivity contribution in [1.29, 1.82) is 0 Å². The van der Waals surface area contributed by atoms with Crippen LogP contribution < -0.4 is 10.2 Å². The highest BCUT2D eigenvalue weighted by molar-refractivity contribution is 5.46. The second kappa shape index (κ2) is 6.43. The fraction of sp³-hybridized carbons (Fsp3) is 0.583. The standard InChI is InChI=1S/C12H20FN3/c1-4-6-16(5-2)12-10(8-14-3)7-11(13)9-15-12/h7,9,14H,4-6,8H2,1-3H3. The summed E-state index contributed by atoms with van der Waals surface area (Å²) in [5, 5.41) is 3.04. The third-order valence-electron chi connectivity index (χ3n) is 2.45. The maximum absolute atomic E-state index is 13.1. The van der Waals surface area contributed by atoms with E-state index >= 15 is 0 Å². The Morgan fingerprint density at radius 3 is 2.75 bits per heavy atom. The van der Waals surface area contributed by atoms with Gasteiger partial charge in [0, 0.05) is 25.2 Å². The van der Waals surface area contributed by atoms with Crippen LogP contribution in [0.3, 0.4) is 0 Å². The van der Waals surface area contributed by atoms with E-state index in [1.54, 1.807) is 6.07 Å². The summed E-state index contributed by atoms with van der Waals surface area (Å²) in [5.74, 6) is 0.613. The third kappa shape index (κ3) is 3.17. The van der Waals surface area contributed by atoms with Gasteiger partial charge in [-0.25, -0.2) is 9.37 Å². The van der Waals surface area contributed by atoms with Gasteiger partial charge in [-0.2, -0.15) is 0 Å². The molecule has 0 unspecified atom stereocenters. The van der Waals surface area contributed by atoms with Crippen molar-refractivity contribution in [3.05, 3.63) is 23.6 Å². The van der Waals surface area contributed by atoms with E-state index in [-0.39, 0.29) is 5.82 Å². The predicted molar refractivity (Wildman–Crippen MR) is 65.1 cm³/mol. The topological polar surface area (TPSA) is 28.2 Å². The molecule has 0 amide bonds. The molecule has 1 aromatic heterocycles. The molecule has 0 bridgehead atoms. The highest BCUT2D eigenvalue weighted by Crippen LogP contribution is 2.18. The van der Waals surface area contributed by atoms with E-state index in [0.29, 0.717) is 6.54 Å². The number of halogens is 1. The minimum atomic E-state index is -0.276. The maximum Gasteiger partial charge on any atom is 0.141 e. The van der Waals surface area contributed by atoms with Crippen molar-refractivity contribution in [1.82, 2.24) is 10.3 Å². The first-order valence-electron chi connectivity index (χ1n) is 5.76. The molecular formula is C12H20FN3. The molecule has 3 nitrogen and oxygen atoms in total. The first-order chi connectivity index (χ1) is 7.72. The van der Waals surface area contributed by atoms with E-state index in [0.717, 1.165) is 30.9 Å². The molecule has 16 heavy (non-hydrogen) atoms. The van der Waals surface area contributed by atoms with E-state index in [1.807, 2.05) is 7.05 Å². The lowest BCUT2D eigenvalue weighted by molar-refractivity contribution is 0.614. The molecule has 1 heterocycles. The van der Waals surface area contributed by atoms with E-state index < -0.39 is 0 Å². The van der Waals surface area contributed by atoms with E-state index in [4.69, 9.17) is 0 Å². The average molecular weight is 225 g/mol. The number of hydrogen-bond donors (Lipinski definition) is 1. The molecule has 0 radical (unpaired) electrons. The van der Waals surface area contributed by atoms with Gasteiger partial charge in [0.05, 0.1) is 6.20 Å². The van der Waals surface area contributed by atoms with Crippen molar-refractivity contribution in [2.24, 2.45) is 0 Å². The maximum atomic E-state index is 13.1. The van der Waals surface area contributed by atoms with Gasteiger partial charge in [-0.05, 0) is 26.5 Å². The van der Waals surface area contributed by atoms with Crippen LogP contribution in [0, 0.1) is 5.82 Å². The van der Waals surface area contributed by atoms with Gasteiger partial charge in [-0.1, -0.05) is 6.92 Å². The summed E-state index contributed by atoms with van der Waals surface area (Å²) in [6, 6.07) is 1.55. The van der Waals surface area contributed by atoms with Gasteiger partial charge >= 0.3 is 0 Å². The van der Waals surface area contributed by atoms with E-state index in [2.05, 4.69) is 29.0 Å². The molecule has 1 aromatic rings. The van der Waals surface area contributed by atoms with Crippen LogP contribution in [0.2, 0.25) is 0 Å². The summed E-state index contributed by atoms with van der Waals surface area (Å²) in [4.78, 5) is 6.37. The molecule has 0 spiro atoms. The van der Waals surface area contributed by atoms with Crippen molar-refractivity contribution in [3.8, 4) is 0 Å². The minimum Gasteiger partial charge on any atom is -0.357 e. The van der Waals surface area contributed by atoms with Crippen LogP contribution in [-0.4, -0.2) is 25.1 Å². The zero-order chi connectivity index (χ0) is 12.0. The van der Waals surface area contributed by atoms with Crippen LogP contribution in [0.4, 0.5) is 10.2 Å². The Kier molecular flexibility index (Phi) is 5.19. The molecule has 90 valence electrons. The number of aromatic nitrogens is 1. The molecule has 1 N–H and O–H groups in total. The van der Waals surface area contributed by atoms with Crippen molar-refractivity contribution >= 4 is 5.82 Å². The quantitative estimate of drug-likeness (QED) is 0.804. The zero-order valence-corrected chi connectivity index (χ0v) is 10.3. The SMILES string of the molecule is CCCN(CC)c1ncc(F)cc1CNC. The number of anilines is 1. The summed E-state index contributed by atoms with van der Waals surface area (Å²) >= 11 is 0. The number of rotatable bonds is 6. The largest absolute Gasteiger partial charge is 0.357 e. The van der Waals surface area contributed by atoms with Crippen molar-refractivity contribution in [2.75, 3.05) is 25.0 Å². The van der Waals surface area contributed by atoms with Gasteiger partial charge in [0.15, 0.2) is 0 Å². The second-order valence-electron chi connectivity index (χ2n) is 3.75. The molecule has 0 aliphatic rings. The summed E-state index contributed by atoms with van der Waals surface area (Å²) in [5.41, 5.74) is 0.915. The van der Waals surface area contributed by atoms with Crippen LogP contribution in [0.15, 0.2) is 12.3 Å². The van der Waals surface area contributed by atoms with Gasteiger partial charge in [0.25, 0.3) is 0 Å². The number of hydrogen-bond acceptors (Lipinski definition) is 3. The lowest BCUT2D eigenvalue weighted by Crippen LogP contribution is -2.26. The molecule has 0 aromatic carbocycles. The lowest BCUT2D eigenvalue weighted by atomic mass is 10.2. The predicted octanol–water partition coefficient (Wildman–Crippen LogP) is 2.18. The Morgan fingerprint density at radius 1 is 1.44 bits per heavy atom. The average Bonchev–Trinajstić information content (AvgIpc) is 2.27. The molecule has 4 heteroatoms.